The lowest BCUT2D eigenvalue weighted by atomic mass is 9.83. The summed E-state index contributed by atoms with van der Waals surface area (Å²) >= 11 is 0. The van der Waals surface area contributed by atoms with Crippen LogP contribution < -0.4 is 10.2 Å². The van der Waals surface area contributed by atoms with Gasteiger partial charge in [-0.05, 0) is 36.1 Å². The van der Waals surface area contributed by atoms with E-state index < -0.39 is 11.5 Å². The maximum Gasteiger partial charge on any atom is 0.250 e. The van der Waals surface area contributed by atoms with Crippen molar-refractivity contribution in [3.05, 3.63) is 115 Å². The molecule has 2 saturated heterocycles. The second-order valence-corrected chi connectivity index (χ2v) is 10.1. The summed E-state index contributed by atoms with van der Waals surface area (Å²) in [7, 11) is 0. The molecular weight excluding hydrogens is 488 g/mol. The zero-order chi connectivity index (χ0) is 27.2. The van der Waals surface area contributed by atoms with Crippen LogP contribution in [0.25, 0.3) is 0 Å². The average Bonchev–Trinajstić information content (AvgIpc) is 3.24. The zero-order valence-electron chi connectivity index (χ0n) is 22.0. The number of likely N-dealkylation sites (tertiary alicyclic amines) is 1. The molecule has 0 unspecified atom stereocenters. The third-order valence-electron chi connectivity index (χ3n) is 7.78. The Morgan fingerprint density at radius 1 is 0.872 bits per heavy atom. The van der Waals surface area contributed by atoms with Gasteiger partial charge in [-0.15, -0.1) is 6.58 Å². The van der Waals surface area contributed by atoms with Gasteiger partial charge in [0, 0.05) is 25.3 Å². The zero-order valence-corrected chi connectivity index (χ0v) is 22.0. The van der Waals surface area contributed by atoms with Crippen LogP contribution in [0.4, 0.5) is 5.69 Å². The number of hydrogen-bond donors (Lipinski definition) is 1. The first kappa shape index (κ1) is 26.2. The highest BCUT2D eigenvalue weighted by molar-refractivity contribution is 5.96. The lowest BCUT2D eigenvalue weighted by Gasteiger charge is -2.44. The normalized spacial score (nSPS) is 16.5. The molecular formula is C32H34N4O3. The van der Waals surface area contributed by atoms with Crippen LogP contribution in [0.5, 0.6) is 0 Å². The highest BCUT2D eigenvalue weighted by Gasteiger charge is 2.54. The van der Waals surface area contributed by atoms with Crippen molar-refractivity contribution in [1.29, 1.82) is 0 Å². The lowest BCUT2D eigenvalue weighted by molar-refractivity contribution is -0.140. The van der Waals surface area contributed by atoms with Gasteiger partial charge < -0.3 is 20.0 Å². The second kappa shape index (κ2) is 11.6. The van der Waals surface area contributed by atoms with E-state index in [1.54, 1.807) is 11.0 Å². The molecule has 0 bridgehead atoms. The Hall–Kier alpha value is -4.39. The highest BCUT2D eigenvalue weighted by atomic mass is 16.2. The van der Waals surface area contributed by atoms with Crippen molar-refractivity contribution in [2.75, 3.05) is 37.7 Å². The van der Waals surface area contributed by atoms with E-state index >= 15 is 0 Å². The molecule has 7 nitrogen and oxygen atoms in total. The number of carbonyl (C=O) groups excluding carboxylic acids is 3. The van der Waals surface area contributed by atoms with Crippen molar-refractivity contribution in [3.8, 4) is 0 Å². The number of para-hydroxylation sites is 1. The fourth-order valence-corrected chi connectivity index (χ4v) is 5.79. The molecule has 5 rings (SSSR count). The summed E-state index contributed by atoms with van der Waals surface area (Å²) in [5.41, 5.74) is 2.04. The molecule has 2 heterocycles. The summed E-state index contributed by atoms with van der Waals surface area (Å²) in [6.45, 7) is 5.23. The molecule has 3 amide bonds. The Bertz CT molecular complexity index is 1270. The molecule has 0 atom stereocenters. The summed E-state index contributed by atoms with van der Waals surface area (Å²) in [4.78, 5) is 46.0. The van der Waals surface area contributed by atoms with Gasteiger partial charge in [0.2, 0.25) is 11.8 Å². The van der Waals surface area contributed by atoms with E-state index in [9.17, 15) is 14.4 Å². The van der Waals surface area contributed by atoms with Gasteiger partial charge in [-0.3, -0.25) is 14.4 Å². The molecule has 0 radical (unpaired) electrons. The first-order chi connectivity index (χ1) is 19.0. The average molecular weight is 523 g/mol. The smallest absolute Gasteiger partial charge is 0.250 e. The quantitative estimate of drug-likeness (QED) is 0.457. The van der Waals surface area contributed by atoms with Gasteiger partial charge in [0.15, 0.2) is 0 Å². The highest BCUT2D eigenvalue weighted by Crippen LogP contribution is 2.40. The Morgan fingerprint density at radius 2 is 1.41 bits per heavy atom. The van der Waals surface area contributed by atoms with Gasteiger partial charge in [-0.25, -0.2) is 0 Å². The molecule has 7 heteroatoms. The number of piperidine rings is 1. The van der Waals surface area contributed by atoms with Gasteiger partial charge in [0.25, 0.3) is 5.91 Å². The number of rotatable bonds is 8. The van der Waals surface area contributed by atoms with E-state index in [0.717, 1.165) is 16.8 Å². The van der Waals surface area contributed by atoms with Crippen LogP contribution in [0, 0.1) is 0 Å². The molecule has 2 fully saturated rings. The van der Waals surface area contributed by atoms with Crippen molar-refractivity contribution in [2.45, 2.75) is 24.3 Å². The topological polar surface area (TPSA) is 73.0 Å². The number of benzene rings is 3. The molecule has 3 aromatic rings. The van der Waals surface area contributed by atoms with E-state index in [0.29, 0.717) is 39.1 Å². The molecule has 200 valence electrons. The third kappa shape index (κ3) is 5.30. The van der Waals surface area contributed by atoms with Crippen LogP contribution in [-0.4, -0.2) is 65.9 Å². The molecule has 39 heavy (non-hydrogen) atoms. The Morgan fingerprint density at radius 3 is 1.95 bits per heavy atom. The third-order valence-corrected chi connectivity index (χ3v) is 7.78. The van der Waals surface area contributed by atoms with Gasteiger partial charge in [0.05, 0.1) is 12.6 Å². The summed E-state index contributed by atoms with van der Waals surface area (Å²) < 4.78 is 0. The van der Waals surface area contributed by atoms with Gasteiger partial charge in [-0.2, -0.15) is 0 Å². The first-order valence-electron chi connectivity index (χ1n) is 13.4. The molecule has 0 aromatic heterocycles. The van der Waals surface area contributed by atoms with Crippen molar-refractivity contribution < 1.29 is 14.4 Å². The fourth-order valence-electron chi connectivity index (χ4n) is 5.79. The summed E-state index contributed by atoms with van der Waals surface area (Å²) in [5, 5.41) is 2.77. The van der Waals surface area contributed by atoms with Gasteiger partial charge in [0.1, 0.15) is 12.1 Å². The van der Waals surface area contributed by atoms with Crippen LogP contribution in [0.15, 0.2) is 104 Å². The summed E-state index contributed by atoms with van der Waals surface area (Å²) in [6.07, 6.45) is 2.60. The fraction of sp³-hybridized carbons (Fsp3) is 0.281. The summed E-state index contributed by atoms with van der Waals surface area (Å²) in [5.74, 6) is -0.639. The van der Waals surface area contributed by atoms with Crippen molar-refractivity contribution in [2.24, 2.45) is 0 Å². The molecule has 1 N–H and O–H groups in total. The number of carbonyl (C=O) groups is 3. The molecule has 2 aliphatic rings. The molecule has 3 aromatic carbocycles. The second-order valence-electron chi connectivity index (χ2n) is 10.1. The lowest BCUT2D eigenvalue weighted by Crippen LogP contribution is -2.58. The van der Waals surface area contributed by atoms with Gasteiger partial charge >= 0.3 is 0 Å². The van der Waals surface area contributed by atoms with Gasteiger partial charge in [-0.1, -0.05) is 84.9 Å². The minimum atomic E-state index is -0.800. The maximum atomic E-state index is 14.0. The van der Waals surface area contributed by atoms with Crippen LogP contribution in [-0.2, 0) is 14.4 Å². The van der Waals surface area contributed by atoms with Crippen molar-refractivity contribution in [3.63, 3.8) is 0 Å². The number of nitrogens with one attached hydrogen (secondary N) is 1. The number of hydrogen-bond acceptors (Lipinski definition) is 4. The first-order valence-corrected chi connectivity index (χ1v) is 13.4. The van der Waals surface area contributed by atoms with Crippen molar-refractivity contribution >= 4 is 23.4 Å². The minimum absolute atomic E-state index is 0.00943. The number of amides is 3. The number of anilines is 1. The Labute approximate surface area is 229 Å². The Kier molecular flexibility index (Phi) is 7.77. The molecule has 2 aliphatic heterocycles. The van der Waals surface area contributed by atoms with E-state index in [1.165, 1.54) is 0 Å². The SMILES string of the molecule is C=CCNC(=O)CN1CN(c2ccccc2)C2(CCN(C(=O)C(c3ccccc3)c3ccccc3)CC2)C1=O. The number of nitrogens with zero attached hydrogens (tertiary/aromatic N) is 3. The van der Waals surface area contributed by atoms with E-state index in [1.807, 2.05) is 95.9 Å². The van der Waals surface area contributed by atoms with E-state index in [-0.39, 0.29) is 24.3 Å². The van der Waals surface area contributed by atoms with Crippen LogP contribution in [0.2, 0.25) is 0 Å². The van der Waals surface area contributed by atoms with E-state index in [4.69, 9.17) is 0 Å². The minimum Gasteiger partial charge on any atom is -0.351 e. The van der Waals surface area contributed by atoms with Crippen LogP contribution in [0.3, 0.4) is 0 Å². The van der Waals surface area contributed by atoms with Crippen LogP contribution in [0.1, 0.15) is 29.9 Å². The molecule has 1 spiro atoms. The standard InChI is InChI=1S/C32H34N4O3/c1-2-20-33-28(37)23-35-24-36(27-16-10-5-11-17-27)32(31(35)39)18-21-34(22-19-32)30(38)29(25-12-6-3-7-13-25)26-14-8-4-9-15-26/h2-17,29H,1,18-24H2,(H,33,37). The largest absolute Gasteiger partial charge is 0.351 e. The van der Waals surface area contributed by atoms with E-state index in [2.05, 4.69) is 16.8 Å². The predicted octanol–water partition coefficient (Wildman–Crippen LogP) is 3.79. The molecule has 0 aliphatic carbocycles. The van der Waals surface area contributed by atoms with Crippen molar-refractivity contribution in [1.82, 2.24) is 15.1 Å². The van der Waals surface area contributed by atoms with Crippen LogP contribution >= 0.6 is 0 Å². The Balaban J connectivity index is 1.38. The predicted molar refractivity (Wildman–Crippen MR) is 152 cm³/mol. The molecule has 0 saturated carbocycles. The summed E-state index contributed by atoms with van der Waals surface area (Å²) in [6, 6.07) is 29.6. The maximum absolute atomic E-state index is 14.0. The monoisotopic (exact) mass is 522 g/mol.